The molecule has 0 amide bonds. The lowest BCUT2D eigenvalue weighted by molar-refractivity contribution is -0.140. The Hall–Kier alpha value is -0.870. The van der Waals surface area contributed by atoms with Crippen LogP contribution >= 0.6 is 11.3 Å². The Kier molecular flexibility index (Phi) is 4.35. The molecule has 5 nitrogen and oxygen atoms in total. The maximum absolute atomic E-state index is 12.7. The summed E-state index contributed by atoms with van der Waals surface area (Å²) in [6.07, 6.45) is -1.60. The highest BCUT2D eigenvalue weighted by atomic mass is 32.2. The van der Waals surface area contributed by atoms with Crippen molar-refractivity contribution in [1.29, 1.82) is 0 Å². The van der Waals surface area contributed by atoms with Gasteiger partial charge in [0, 0.05) is 31.6 Å². The molecule has 0 N–H and O–H groups in total. The SMILES string of the molecule is CN(C1CCCN(c2nc(C(F)(F)F)cs2)C1)S(=O)(=O)C1CC1. The van der Waals surface area contributed by atoms with Gasteiger partial charge < -0.3 is 4.90 Å². The number of anilines is 1. The Bertz CT molecular complexity index is 670. The van der Waals surface area contributed by atoms with E-state index in [1.54, 1.807) is 11.9 Å². The molecule has 1 unspecified atom stereocenters. The summed E-state index contributed by atoms with van der Waals surface area (Å²) in [6.45, 7) is 0.978. The second-order valence-corrected chi connectivity index (χ2v) is 9.12. The van der Waals surface area contributed by atoms with Crippen LogP contribution in [0.15, 0.2) is 5.38 Å². The van der Waals surface area contributed by atoms with Crippen molar-refractivity contribution < 1.29 is 21.6 Å². The average molecular weight is 369 g/mol. The maximum Gasteiger partial charge on any atom is 0.434 e. The van der Waals surface area contributed by atoms with Gasteiger partial charge in [0.2, 0.25) is 10.0 Å². The molecule has 10 heteroatoms. The highest BCUT2D eigenvalue weighted by molar-refractivity contribution is 7.90. The lowest BCUT2D eigenvalue weighted by Gasteiger charge is -2.37. The molecule has 1 aromatic rings. The van der Waals surface area contributed by atoms with Crippen molar-refractivity contribution in [3.63, 3.8) is 0 Å². The van der Waals surface area contributed by atoms with Crippen LogP contribution in [-0.4, -0.2) is 49.1 Å². The van der Waals surface area contributed by atoms with Crippen LogP contribution in [0, 0.1) is 0 Å². The molecule has 0 bridgehead atoms. The number of hydrogen-bond donors (Lipinski definition) is 0. The van der Waals surface area contributed by atoms with Crippen LogP contribution in [0.1, 0.15) is 31.4 Å². The van der Waals surface area contributed by atoms with E-state index in [0.29, 0.717) is 31.1 Å². The monoisotopic (exact) mass is 369 g/mol. The molecule has 2 heterocycles. The Labute approximate surface area is 137 Å². The van der Waals surface area contributed by atoms with Crippen molar-refractivity contribution in [2.24, 2.45) is 0 Å². The maximum atomic E-state index is 12.7. The topological polar surface area (TPSA) is 53.5 Å². The van der Waals surface area contributed by atoms with Gasteiger partial charge in [0.25, 0.3) is 0 Å². The molecule has 23 heavy (non-hydrogen) atoms. The van der Waals surface area contributed by atoms with Crippen molar-refractivity contribution in [1.82, 2.24) is 9.29 Å². The number of thiazole rings is 1. The van der Waals surface area contributed by atoms with E-state index in [2.05, 4.69) is 4.98 Å². The van der Waals surface area contributed by atoms with Gasteiger partial charge in [0.15, 0.2) is 10.8 Å². The van der Waals surface area contributed by atoms with Crippen LogP contribution in [0.3, 0.4) is 0 Å². The lowest BCUT2D eigenvalue weighted by atomic mass is 10.1. The summed E-state index contributed by atoms with van der Waals surface area (Å²) < 4.78 is 64.0. The zero-order valence-electron chi connectivity index (χ0n) is 12.6. The zero-order valence-corrected chi connectivity index (χ0v) is 14.2. The molecule has 130 valence electrons. The fourth-order valence-corrected chi connectivity index (χ4v) is 5.43. The van der Waals surface area contributed by atoms with Crippen LogP contribution in [0.4, 0.5) is 18.3 Å². The number of rotatable bonds is 4. The summed E-state index contributed by atoms with van der Waals surface area (Å²) in [4.78, 5) is 5.42. The number of likely N-dealkylation sites (N-methyl/N-ethyl adjacent to an activating group) is 1. The molecule has 1 saturated carbocycles. The molecule has 1 atom stereocenters. The van der Waals surface area contributed by atoms with Crippen LogP contribution in [0.5, 0.6) is 0 Å². The Balaban J connectivity index is 1.72. The number of nitrogens with zero attached hydrogens (tertiary/aromatic N) is 3. The van der Waals surface area contributed by atoms with Gasteiger partial charge in [-0.05, 0) is 25.7 Å². The summed E-state index contributed by atoms with van der Waals surface area (Å²) in [5.74, 6) is 0. The van der Waals surface area contributed by atoms with E-state index in [-0.39, 0.29) is 11.3 Å². The van der Waals surface area contributed by atoms with Gasteiger partial charge in [-0.1, -0.05) is 0 Å². The summed E-state index contributed by atoms with van der Waals surface area (Å²) >= 11 is 0.950. The van der Waals surface area contributed by atoms with Crippen LogP contribution < -0.4 is 4.90 Å². The van der Waals surface area contributed by atoms with Gasteiger partial charge >= 0.3 is 6.18 Å². The Morgan fingerprint density at radius 3 is 2.61 bits per heavy atom. The standard InChI is InChI=1S/C13H18F3N3O2S2/c1-18(23(20,21)10-4-5-10)9-3-2-6-19(7-9)12-17-11(8-22-12)13(14,15)16/h8-10H,2-7H2,1H3. The first-order chi connectivity index (χ1) is 10.7. The molecule has 0 spiro atoms. The molecule has 2 fully saturated rings. The molecular weight excluding hydrogens is 351 g/mol. The normalized spacial score (nSPS) is 23.5. The van der Waals surface area contributed by atoms with Crippen molar-refractivity contribution in [2.75, 3.05) is 25.0 Å². The van der Waals surface area contributed by atoms with E-state index < -0.39 is 21.9 Å². The molecule has 1 aliphatic carbocycles. The predicted molar refractivity (Wildman–Crippen MR) is 82.1 cm³/mol. The summed E-state index contributed by atoms with van der Waals surface area (Å²) in [6, 6.07) is -0.215. The van der Waals surface area contributed by atoms with Crippen LogP contribution in [0.2, 0.25) is 0 Å². The third-order valence-corrected chi connectivity index (χ3v) is 7.63. The molecule has 1 saturated heterocycles. The smallest absolute Gasteiger partial charge is 0.346 e. The molecule has 3 rings (SSSR count). The quantitative estimate of drug-likeness (QED) is 0.819. The summed E-state index contributed by atoms with van der Waals surface area (Å²) in [5.41, 5.74) is -0.890. The summed E-state index contributed by atoms with van der Waals surface area (Å²) in [7, 11) is -1.71. The van der Waals surface area contributed by atoms with Crippen molar-refractivity contribution >= 4 is 26.5 Å². The number of sulfonamides is 1. The van der Waals surface area contributed by atoms with Crippen molar-refractivity contribution in [2.45, 2.75) is 43.2 Å². The number of halogens is 3. The molecule has 1 aliphatic heterocycles. The molecule has 1 aromatic heterocycles. The first-order valence-electron chi connectivity index (χ1n) is 7.44. The highest BCUT2D eigenvalue weighted by Crippen LogP contribution is 2.35. The molecule has 0 aromatic carbocycles. The van der Waals surface area contributed by atoms with E-state index >= 15 is 0 Å². The van der Waals surface area contributed by atoms with E-state index in [1.165, 1.54) is 4.31 Å². The Morgan fingerprint density at radius 2 is 2.04 bits per heavy atom. The Morgan fingerprint density at radius 1 is 1.35 bits per heavy atom. The number of aromatic nitrogens is 1. The van der Waals surface area contributed by atoms with Gasteiger partial charge in [-0.3, -0.25) is 0 Å². The van der Waals surface area contributed by atoms with Crippen LogP contribution in [0.25, 0.3) is 0 Å². The molecule has 0 radical (unpaired) electrons. The fraction of sp³-hybridized carbons (Fsp3) is 0.769. The number of hydrogen-bond acceptors (Lipinski definition) is 5. The van der Waals surface area contributed by atoms with Crippen LogP contribution in [-0.2, 0) is 16.2 Å². The second-order valence-electron chi connectivity index (χ2n) is 6.02. The highest BCUT2D eigenvalue weighted by Gasteiger charge is 2.42. The van der Waals surface area contributed by atoms with Gasteiger partial charge in [-0.2, -0.15) is 17.5 Å². The number of alkyl halides is 3. The third kappa shape index (κ3) is 3.48. The predicted octanol–water partition coefficient (Wildman–Crippen LogP) is 2.55. The van der Waals surface area contributed by atoms with Crippen molar-refractivity contribution in [3.8, 4) is 0 Å². The van der Waals surface area contributed by atoms with Gasteiger partial charge in [-0.15, -0.1) is 11.3 Å². The summed E-state index contributed by atoms with van der Waals surface area (Å²) in [5, 5.41) is 1.03. The minimum atomic E-state index is -4.45. The average Bonchev–Trinajstić information content (AvgIpc) is 3.23. The molecular formula is C13H18F3N3O2S2. The first-order valence-corrected chi connectivity index (χ1v) is 9.82. The van der Waals surface area contributed by atoms with Crippen molar-refractivity contribution in [3.05, 3.63) is 11.1 Å². The van der Waals surface area contributed by atoms with Gasteiger partial charge in [-0.25, -0.2) is 13.4 Å². The number of piperidine rings is 1. The van der Waals surface area contributed by atoms with E-state index in [9.17, 15) is 21.6 Å². The van der Waals surface area contributed by atoms with E-state index in [4.69, 9.17) is 0 Å². The minimum absolute atomic E-state index is 0.215. The lowest BCUT2D eigenvalue weighted by Crippen LogP contribution is -2.49. The largest absolute Gasteiger partial charge is 0.434 e. The minimum Gasteiger partial charge on any atom is -0.346 e. The third-order valence-electron chi connectivity index (χ3n) is 4.31. The zero-order chi connectivity index (χ0) is 16.8. The first kappa shape index (κ1) is 17.0. The van der Waals surface area contributed by atoms with E-state index in [1.807, 2.05) is 0 Å². The molecule has 2 aliphatic rings. The van der Waals surface area contributed by atoms with E-state index in [0.717, 1.165) is 29.6 Å². The fourth-order valence-electron chi connectivity index (χ4n) is 2.77. The van der Waals surface area contributed by atoms with Gasteiger partial charge in [0.05, 0.1) is 5.25 Å². The van der Waals surface area contributed by atoms with Gasteiger partial charge in [0.1, 0.15) is 0 Å². The second kappa shape index (κ2) is 5.89.